The van der Waals surface area contributed by atoms with Gasteiger partial charge < -0.3 is 24.1 Å². The third-order valence-corrected chi connectivity index (χ3v) is 8.34. The Labute approximate surface area is 226 Å². The fourth-order valence-electron chi connectivity index (χ4n) is 6.56. The lowest BCUT2D eigenvalue weighted by atomic mass is 9.48. The van der Waals surface area contributed by atoms with Gasteiger partial charge in [0, 0.05) is 12.3 Å². The summed E-state index contributed by atoms with van der Waals surface area (Å²) in [6.07, 6.45) is 3.56. The molecule has 7 nitrogen and oxygen atoms in total. The first-order chi connectivity index (χ1) is 17.4. The van der Waals surface area contributed by atoms with Crippen LogP contribution in [-0.4, -0.2) is 35.4 Å². The zero-order valence-electron chi connectivity index (χ0n) is 20.2. The van der Waals surface area contributed by atoms with E-state index in [1.807, 2.05) is 22.6 Å². The van der Waals surface area contributed by atoms with Crippen LogP contribution < -0.4 is 9.47 Å². The minimum absolute atomic E-state index is 0.0933. The highest BCUT2D eigenvalue weighted by Crippen LogP contribution is 2.63. The van der Waals surface area contributed by atoms with Crippen molar-refractivity contribution in [3.63, 3.8) is 0 Å². The van der Waals surface area contributed by atoms with Crippen molar-refractivity contribution in [2.45, 2.75) is 57.0 Å². The normalized spacial score (nSPS) is 28.0. The second kappa shape index (κ2) is 9.59. The maximum absolute atomic E-state index is 13.3. The standard InChI is InChI=1S/C27H27F2IO7/c1-25(28,29)23(32)34-15-26-10-16-8-17(11-26)13-27(12-16,14-26)37-24(33)36-19-4-2-18(3-5-19)35-20-6-7-22(31)21(30)9-20/h2-7,9,16-17,31H,8,10-15H2,1H3. The molecule has 1 N–H and O–H groups in total. The first kappa shape index (κ1) is 26.0. The van der Waals surface area contributed by atoms with Crippen LogP contribution in [-0.2, 0) is 14.3 Å². The highest BCUT2D eigenvalue weighted by Gasteiger charge is 2.60. The van der Waals surface area contributed by atoms with Gasteiger partial charge in [0.25, 0.3) is 0 Å². The lowest BCUT2D eigenvalue weighted by Crippen LogP contribution is -2.59. The first-order valence-electron chi connectivity index (χ1n) is 12.2. The average molecular weight is 628 g/mol. The number of aromatic hydroxyl groups is 1. The monoisotopic (exact) mass is 628 g/mol. The summed E-state index contributed by atoms with van der Waals surface area (Å²) >= 11 is 2.00. The molecule has 2 aromatic rings. The SMILES string of the molecule is CC(F)(F)C(=O)OCC12CC3CC(C1)CC(OC(=O)Oc1ccc(Oc4ccc(O)c(I)c4)cc1)(C3)C2. The van der Waals surface area contributed by atoms with E-state index in [0.29, 0.717) is 41.3 Å². The van der Waals surface area contributed by atoms with Gasteiger partial charge in [-0.3, -0.25) is 0 Å². The number of halogens is 3. The zero-order chi connectivity index (χ0) is 26.4. The number of phenolic OH excluding ortho intramolecular Hbond substituents is 1. The van der Waals surface area contributed by atoms with Gasteiger partial charge in [0.1, 0.15) is 28.6 Å². The molecule has 0 radical (unpaired) electrons. The number of hydrogen-bond donors (Lipinski definition) is 1. The molecule has 6 rings (SSSR count). The van der Waals surface area contributed by atoms with Crippen LogP contribution in [0.3, 0.4) is 0 Å². The van der Waals surface area contributed by atoms with Crippen LogP contribution in [0.15, 0.2) is 42.5 Å². The van der Waals surface area contributed by atoms with Crippen molar-refractivity contribution in [3.8, 4) is 23.0 Å². The largest absolute Gasteiger partial charge is 0.514 e. The number of alkyl halides is 2. The molecule has 2 atom stereocenters. The predicted molar refractivity (Wildman–Crippen MR) is 136 cm³/mol. The van der Waals surface area contributed by atoms with Crippen LogP contribution in [0.4, 0.5) is 13.6 Å². The highest BCUT2D eigenvalue weighted by molar-refractivity contribution is 14.1. The Bertz CT molecular complexity index is 1180. The Morgan fingerprint density at radius 2 is 1.65 bits per heavy atom. The number of hydrogen-bond acceptors (Lipinski definition) is 7. The van der Waals surface area contributed by atoms with Crippen molar-refractivity contribution in [2.75, 3.05) is 6.61 Å². The first-order valence-corrected chi connectivity index (χ1v) is 13.2. The molecule has 2 unspecified atom stereocenters. The van der Waals surface area contributed by atoms with Crippen LogP contribution in [0.1, 0.15) is 45.4 Å². The molecule has 0 aromatic heterocycles. The molecule has 2 aromatic carbocycles. The van der Waals surface area contributed by atoms with Crippen LogP contribution in [0.5, 0.6) is 23.0 Å². The summed E-state index contributed by atoms with van der Waals surface area (Å²) in [5.41, 5.74) is -1.21. The van der Waals surface area contributed by atoms with Crippen LogP contribution in [0, 0.1) is 20.8 Å². The second-order valence-electron chi connectivity index (χ2n) is 10.7. The number of carbonyl (C=O) groups is 2. The van der Waals surface area contributed by atoms with Crippen molar-refractivity contribution in [1.82, 2.24) is 0 Å². The third-order valence-electron chi connectivity index (χ3n) is 7.48. The van der Waals surface area contributed by atoms with Crippen LogP contribution >= 0.6 is 22.6 Å². The van der Waals surface area contributed by atoms with Crippen molar-refractivity contribution in [1.29, 1.82) is 0 Å². The lowest BCUT2D eigenvalue weighted by molar-refractivity contribution is -0.199. The van der Waals surface area contributed by atoms with E-state index in [0.717, 1.165) is 19.3 Å². The fourth-order valence-corrected chi connectivity index (χ4v) is 7.04. The Hall–Kier alpha value is -2.63. The molecule has 4 bridgehead atoms. The number of benzene rings is 2. The van der Waals surface area contributed by atoms with Gasteiger partial charge in [0.15, 0.2) is 0 Å². The van der Waals surface area contributed by atoms with E-state index in [1.54, 1.807) is 42.5 Å². The molecule has 0 amide bonds. The smallest absolute Gasteiger partial charge is 0.507 e. The fraction of sp³-hybridized carbons (Fsp3) is 0.481. The van der Waals surface area contributed by atoms with Crippen molar-refractivity contribution >= 4 is 34.7 Å². The third kappa shape index (κ3) is 5.78. The topological polar surface area (TPSA) is 91.3 Å². The molecule has 0 aliphatic heterocycles. The number of rotatable bonds is 7. The summed E-state index contributed by atoms with van der Waals surface area (Å²) in [5, 5.41) is 9.64. The van der Waals surface area contributed by atoms with E-state index in [4.69, 9.17) is 18.9 Å². The van der Waals surface area contributed by atoms with E-state index in [-0.39, 0.29) is 29.9 Å². The van der Waals surface area contributed by atoms with Gasteiger partial charge >= 0.3 is 18.0 Å². The molecular weight excluding hydrogens is 601 g/mol. The predicted octanol–water partition coefficient (Wildman–Crippen LogP) is 6.84. The zero-order valence-corrected chi connectivity index (χ0v) is 22.3. The Morgan fingerprint density at radius 1 is 1.03 bits per heavy atom. The van der Waals surface area contributed by atoms with Crippen molar-refractivity contribution in [3.05, 3.63) is 46.0 Å². The summed E-state index contributed by atoms with van der Waals surface area (Å²) in [7, 11) is 0. The molecule has 198 valence electrons. The summed E-state index contributed by atoms with van der Waals surface area (Å²) in [6, 6.07) is 11.4. The molecule has 4 aliphatic rings. The van der Waals surface area contributed by atoms with Gasteiger partial charge in [-0.2, -0.15) is 8.78 Å². The van der Waals surface area contributed by atoms with E-state index in [1.165, 1.54) is 0 Å². The Morgan fingerprint density at radius 3 is 2.27 bits per heavy atom. The molecule has 0 spiro atoms. The van der Waals surface area contributed by atoms with Gasteiger partial charge in [-0.25, -0.2) is 9.59 Å². The summed E-state index contributed by atoms with van der Waals surface area (Å²) < 4.78 is 49.4. The quantitative estimate of drug-likeness (QED) is 0.204. The molecule has 4 fully saturated rings. The van der Waals surface area contributed by atoms with E-state index >= 15 is 0 Å². The minimum atomic E-state index is -3.54. The Balaban J connectivity index is 1.20. The van der Waals surface area contributed by atoms with E-state index in [2.05, 4.69) is 0 Å². The average Bonchev–Trinajstić information content (AvgIpc) is 2.79. The maximum Gasteiger partial charge on any atom is 0.514 e. The highest BCUT2D eigenvalue weighted by atomic mass is 127. The van der Waals surface area contributed by atoms with Gasteiger partial charge in [0.05, 0.1) is 10.2 Å². The molecule has 0 heterocycles. The number of esters is 1. The molecule has 10 heteroatoms. The van der Waals surface area contributed by atoms with Crippen LogP contribution in [0.2, 0.25) is 0 Å². The maximum atomic E-state index is 13.3. The summed E-state index contributed by atoms with van der Waals surface area (Å²) in [5.74, 6) is -2.95. The Kier molecular flexibility index (Phi) is 6.74. The van der Waals surface area contributed by atoms with Crippen LogP contribution in [0.25, 0.3) is 0 Å². The second-order valence-corrected chi connectivity index (χ2v) is 11.9. The molecular formula is C27H27F2IO7. The molecule has 4 aliphatic carbocycles. The summed E-state index contributed by atoms with van der Waals surface area (Å²) in [4.78, 5) is 24.4. The summed E-state index contributed by atoms with van der Waals surface area (Å²) in [6.45, 7) is 0.437. The molecule has 0 saturated heterocycles. The van der Waals surface area contributed by atoms with Gasteiger partial charge in [0.2, 0.25) is 0 Å². The molecule has 4 saturated carbocycles. The van der Waals surface area contributed by atoms with E-state index < -0.39 is 29.1 Å². The van der Waals surface area contributed by atoms with Crippen molar-refractivity contribution < 1.29 is 42.4 Å². The number of phenols is 1. The minimum Gasteiger partial charge on any atom is -0.507 e. The van der Waals surface area contributed by atoms with Gasteiger partial charge in [-0.05, 0) is 115 Å². The lowest BCUT2D eigenvalue weighted by Gasteiger charge is -2.60. The van der Waals surface area contributed by atoms with E-state index in [9.17, 15) is 23.5 Å². The molecule has 37 heavy (non-hydrogen) atoms. The van der Waals surface area contributed by atoms with Crippen molar-refractivity contribution in [2.24, 2.45) is 17.3 Å². The van der Waals surface area contributed by atoms with Gasteiger partial charge in [-0.15, -0.1) is 0 Å². The van der Waals surface area contributed by atoms with Gasteiger partial charge in [-0.1, -0.05) is 0 Å². The number of carbonyl (C=O) groups excluding carboxylic acids is 2. The number of ether oxygens (including phenoxy) is 4.